The van der Waals surface area contributed by atoms with E-state index in [0.717, 1.165) is 35.7 Å². The molecule has 0 amide bonds. The van der Waals surface area contributed by atoms with Gasteiger partial charge in [0, 0.05) is 19.7 Å². The summed E-state index contributed by atoms with van der Waals surface area (Å²) in [5, 5.41) is 3.98. The summed E-state index contributed by atoms with van der Waals surface area (Å²) in [4.78, 5) is 19.2. The first-order valence-corrected chi connectivity index (χ1v) is 8.52. The average Bonchev–Trinajstić information content (AvgIpc) is 3.06. The van der Waals surface area contributed by atoms with Crippen LogP contribution in [0.15, 0.2) is 29.2 Å². The Kier molecular flexibility index (Phi) is 5.40. The largest absolute Gasteiger partial charge is 0.437 e. The van der Waals surface area contributed by atoms with Gasteiger partial charge in [0.05, 0.1) is 17.8 Å². The molecule has 136 valence electrons. The molecule has 0 saturated carbocycles. The van der Waals surface area contributed by atoms with E-state index in [1.165, 1.54) is 6.33 Å². The Bertz CT molecular complexity index is 880. The average molecular weight is 354 g/mol. The van der Waals surface area contributed by atoms with Crippen molar-refractivity contribution in [3.8, 4) is 11.6 Å². The fourth-order valence-corrected chi connectivity index (χ4v) is 2.55. The fourth-order valence-electron chi connectivity index (χ4n) is 2.55. The minimum atomic E-state index is 0.458. The highest BCUT2D eigenvalue weighted by atomic mass is 16.5. The highest BCUT2D eigenvalue weighted by Crippen LogP contribution is 2.29. The van der Waals surface area contributed by atoms with Gasteiger partial charge in [0.2, 0.25) is 11.8 Å². The third-order valence-electron chi connectivity index (χ3n) is 3.89. The summed E-state index contributed by atoms with van der Waals surface area (Å²) in [5.74, 6) is 3.19. The number of ether oxygens (including phenoxy) is 1. The van der Waals surface area contributed by atoms with Crippen molar-refractivity contribution in [2.75, 3.05) is 11.9 Å². The quantitative estimate of drug-likeness (QED) is 0.638. The fraction of sp³-hybridized carbons (Fsp3) is 0.389. The van der Waals surface area contributed by atoms with Crippen LogP contribution < -0.4 is 9.64 Å². The monoisotopic (exact) mass is 354 g/mol. The van der Waals surface area contributed by atoms with Crippen molar-refractivity contribution in [2.45, 2.75) is 40.2 Å². The van der Waals surface area contributed by atoms with Crippen LogP contribution >= 0.6 is 0 Å². The standard InChI is InChI=1S/C18H22N6O2/c1-5-7-15-22-16(26-23-15)10-24(4)17-12(2)18(21-11-20-17)25-14-8-6-9-19-13(14)3/h6,8-9,11H,5,7,10H2,1-4H3. The highest BCUT2D eigenvalue weighted by Gasteiger charge is 2.16. The third kappa shape index (κ3) is 3.96. The van der Waals surface area contributed by atoms with Crippen molar-refractivity contribution in [1.29, 1.82) is 0 Å². The van der Waals surface area contributed by atoms with Gasteiger partial charge in [0.15, 0.2) is 11.6 Å². The molecule has 0 saturated heterocycles. The maximum absolute atomic E-state index is 5.93. The summed E-state index contributed by atoms with van der Waals surface area (Å²) in [6, 6.07) is 3.69. The van der Waals surface area contributed by atoms with Crippen LogP contribution in [-0.4, -0.2) is 32.1 Å². The number of hydrogen-bond donors (Lipinski definition) is 0. The summed E-state index contributed by atoms with van der Waals surface area (Å²) in [6.07, 6.45) is 5.00. The lowest BCUT2D eigenvalue weighted by atomic mass is 10.3. The zero-order valence-electron chi connectivity index (χ0n) is 15.4. The zero-order valence-corrected chi connectivity index (χ0v) is 15.4. The lowest BCUT2D eigenvalue weighted by Gasteiger charge is -2.19. The van der Waals surface area contributed by atoms with Crippen molar-refractivity contribution in [1.82, 2.24) is 25.1 Å². The molecule has 0 spiro atoms. The smallest absolute Gasteiger partial charge is 0.246 e. The Hall–Kier alpha value is -3.03. The summed E-state index contributed by atoms with van der Waals surface area (Å²) in [7, 11) is 1.91. The maximum Gasteiger partial charge on any atom is 0.246 e. The lowest BCUT2D eigenvalue weighted by molar-refractivity contribution is 0.372. The van der Waals surface area contributed by atoms with Crippen molar-refractivity contribution in [3.05, 3.63) is 47.6 Å². The molecule has 3 heterocycles. The van der Waals surface area contributed by atoms with Crippen molar-refractivity contribution in [3.63, 3.8) is 0 Å². The highest BCUT2D eigenvalue weighted by molar-refractivity contribution is 5.50. The van der Waals surface area contributed by atoms with E-state index >= 15 is 0 Å². The van der Waals surface area contributed by atoms with Gasteiger partial charge in [-0.15, -0.1) is 0 Å². The summed E-state index contributed by atoms with van der Waals surface area (Å²) < 4.78 is 11.2. The van der Waals surface area contributed by atoms with E-state index < -0.39 is 0 Å². The van der Waals surface area contributed by atoms with E-state index in [0.29, 0.717) is 24.1 Å². The summed E-state index contributed by atoms with van der Waals surface area (Å²) in [5.41, 5.74) is 1.63. The lowest BCUT2D eigenvalue weighted by Crippen LogP contribution is -2.19. The van der Waals surface area contributed by atoms with Gasteiger partial charge in [-0.3, -0.25) is 4.98 Å². The van der Waals surface area contributed by atoms with E-state index in [9.17, 15) is 0 Å². The van der Waals surface area contributed by atoms with E-state index in [2.05, 4.69) is 32.0 Å². The zero-order chi connectivity index (χ0) is 18.5. The normalized spacial score (nSPS) is 10.8. The van der Waals surface area contributed by atoms with Crippen LogP contribution in [0.2, 0.25) is 0 Å². The van der Waals surface area contributed by atoms with E-state index in [1.54, 1.807) is 6.20 Å². The molecule has 0 N–H and O–H groups in total. The van der Waals surface area contributed by atoms with Crippen LogP contribution in [0.25, 0.3) is 0 Å². The van der Waals surface area contributed by atoms with Gasteiger partial charge >= 0.3 is 0 Å². The SMILES string of the molecule is CCCc1noc(CN(C)c2ncnc(Oc3cccnc3C)c2C)n1. The van der Waals surface area contributed by atoms with Crippen molar-refractivity contribution >= 4 is 5.82 Å². The van der Waals surface area contributed by atoms with Crippen molar-refractivity contribution in [2.24, 2.45) is 0 Å². The molecule has 26 heavy (non-hydrogen) atoms. The molecular weight excluding hydrogens is 332 g/mol. The minimum Gasteiger partial charge on any atom is -0.437 e. The van der Waals surface area contributed by atoms with Crippen LogP contribution in [0.1, 0.15) is 36.3 Å². The van der Waals surface area contributed by atoms with Crippen LogP contribution in [-0.2, 0) is 13.0 Å². The van der Waals surface area contributed by atoms with Crippen molar-refractivity contribution < 1.29 is 9.26 Å². The second-order valence-corrected chi connectivity index (χ2v) is 6.03. The third-order valence-corrected chi connectivity index (χ3v) is 3.89. The molecule has 3 aromatic heterocycles. The second-order valence-electron chi connectivity index (χ2n) is 6.03. The number of anilines is 1. The first kappa shape index (κ1) is 17.8. The summed E-state index contributed by atoms with van der Waals surface area (Å²) >= 11 is 0. The van der Waals surface area contributed by atoms with Crippen LogP contribution in [0.4, 0.5) is 5.82 Å². The first-order chi connectivity index (χ1) is 12.6. The van der Waals surface area contributed by atoms with Gasteiger partial charge in [-0.25, -0.2) is 9.97 Å². The van der Waals surface area contributed by atoms with E-state index in [1.807, 2.05) is 37.9 Å². The number of nitrogens with zero attached hydrogens (tertiary/aromatic N) is 6. The first-order valence-electron chi connectivity index (χ1n) is 8.52. The molecule has 0 radical (unpaired) electrons. The Morgan fingerprint density at radius 2 is 2.04 bits per heavy atom. The maximum atomic E-state index is 5.93. The topological polar surface area (TPSA) is 90.1 Å². The molecule has 0 atom stereocenters. The van der Waals surface area contributed by atoms with Gasteiger partial charge in [0.25, 0.3) is 0 Å². The number of hydrogen-bond acceptors (Lipinski definition) is 8. The number of rotatable bonds is 7. The van der Waals surface area contributed by atoms with Gasteiger partial charge in [-0.05, 0) is 32.4 Å². The molecule has 0 bridgehead atoms. The predicted octanol–water partition coefficient (Wildman–Crippen LogP) is 3.25. The van der Waals surface area contributed by atoms with Gasteiger partial charge in [-0.2, -0.15) is 4.98 Å². The Morgan fingerprint density at radius 1 is 1.19 bits per heavy atom. The molecule has 3 aromatic rings. The van der Waals surface area contributed by atoms with Crippen LogP contribution in [0.3, 0.4) is 0 Å². The number of aromatic nitrogens is 5. The Morgan fingerprint density at radius 3 is 2.81 bits per heavy atom. The molecular formula is C18H22N6O2. The van der Waals surface area contributed by atoms with Crippen LogP contribution in [0, 0.1) is 13.8 Å². The second kappa shape index (κ2) is 7.90. The molecule has 8 heteroatoms. The Labute approximate surface area is 152 Å². The minimum absolute atomic E-state index is 0.458. The molecule has 8 nitrogen and oxygen atoms in total. The predicted molar refractivity (Wildman–Crippen MR) is 96.2 cm³/mol. The number of aryl methyl sites for hydroxylation is 2. The molecule has 0 unspecified atom stereocenters. The van der Waals surface area contributed by atoms with Gasteiger partial charge < -0.3 is 14.2 Å². The summed E-state index contributed by atoms with van der Waals surface area (Å²) in [6.45, 7) is 6.35. The number of pyridine rings is 1. The van der Waals surface area contributed by atoms with Gasteiger partial charge in [0.1, 0.15) is 12.1 Å². The van der Waals surface area contributed by atoms with Crippen LogP contribution in [0.5, 0.6) is 11.6 Å². The Balaban J connectivity index is 1.78. The van der Waals surface area contributed by atoms with E-state index in [-0.39, 0.29) is 0 Å². The molecule has 0 aliphatic heterocycles. The molecule has 3 rings (SSSR count). The van der Waals surface area contributed by atoms with E-state index in [4.69, 9.17) is 9.26 Å². The molecule has 0 aliphatic carbocycles. The van der Waals surface area contributed by atoms with Gasteiger partial charge in [-0.1, -0.05) is 12.1 Å². The molecule has 0 fully saturated rings. The molecule has 0 aliphatic rings. The molecule has 0 aromatic carbocycles.